The first-order valence-electron chi connectivity index (χ1n) is 14.0. The molecule has 0 nitrogen and oxygen atoms in total. The smallest absolute Gasteiger partial charge is 0.00136 e. The first kappa shape index (κ1) is 27.1. The van der Waals surface area contributed by atoms with E-state index in [1.54, 1.807) is 0 Å². The predicted octanol–water partition coefficient (Wildman–Crippen LogP) is 8.12. The first-order valence-corrected chi connectivity index (χ1v) is 16.9. The first-order chi connectivity index (χ1) is 20.4. The second kappa shape index (κ2) is 13.5. The predicted molar refractivity (Wildman–Crippen MR) is 183 cm³/mol. The molecular weight excluding hydrogens is 530 g/mol. The minimum Gasteiger partial charge on any atom is -0.0622 e. The molecule has 198 valence electrons. The van der Waals surface area contributed by atoms with Crippen LogP contribution >= 0.6 is 15.8 Å². The Bertz CT molecular complexity index is 1600. The highest BCUT2D eigenvalue weighted by molar-refractivity contribution is 7.80. The Balaban J connectivity index is 1.50. The maximum absolute atomic E-state index is 2.47. The second-order valence-electron chi connectivity index (χ2n) is 9.86. The van der Waals surface area contributed by atoms with E-state index in [4.69, 9.17) is 0 Å². The van der Waals surface area contributed by atoms with Crippen LogP contribution in [0.3, 0.4) is 0 Å². The van der Waals surface area contributed by atoms with Crippen LogP contribution in [0.25, 0.3) is 11.6 Å². The van der Waals surface area contributed by atoms with Gasteiger partial charge in [0.05, 0.1) is 0 Å². The van der Waals surface area contributed by atoms with E-state index in [1.165, 1.54) is 43.2 Å². The van der Waals surface area contributed by atoms with E-state index in [2.05, 4.69) is 182 Å². The molecule has 0 spiro atoms. The minimum atomic E-state index is -0.714. The quantitative estimate of drug-likeness (QED) is 0.123. The summed E-state index contributed by atoms with van der Waals surface area (Å²) in [7, 11) is -1.30. The van der Waals surface area contributed by atoms with Crippen molar-refractivity contribution in [3.05, 3.63) is 187 Å². The van der Waals surface area contributed by atoms with Crippen molar-refractivity contribution in [3.63, 3.8) is 0 Å². The topological polar surface area (TPSA) is 0 Å². The van der Waals surface area contributed by atoms with Crippen molar-refractivity contribution in [2.45, 2.75) is 0 Å². The average Bonchev–Trinajstić information content (AvgIpc) is 3.06. The van der Waals surface area contributed by atoms with Crippen LogP contribution in [0.5, 0.6) is 0 Å². The SMILES string of the molecule is C(=C(/CP(c1ccccc1)c1ccccc1)c1ccccc1)/c1ccccc1P(c1ccccc1)c1ccccc1. The number of benzene rings is 6. The highest BCUT2D eigenvalue weighted by Crippen LogP contribution is 2.40. The molecule has 0 aliphatic rings. The Morgan fingerprint density at radius 2 is 0.805 bits per heavy atom. The maximum Gasteiger partial charge on any atom is 0.00136 e. The van der Waals surface area contributed by atoms with Crippen LogP contribution < -0.4 is 26.5 Å². The molecular formula is C39H32P2. The molecule has 0 N–H and O–H groups in total. The van der Waals surface area contributed by atoms with Gasteiger partial charge in [-0.3, -0.25) is 0 Å². The van der Waals surface area contributed by atoms with E-state index in [1.807, 2.05) is 0 Å². The summed E-state index contributed by atoms with van der Waals surface area (Å²) in [5.74, 6) is 0. The Morgan fingerprint density at radius 1 is 0.415 bits per heavy atom. The van der Waals surface area contributed by atoms with Crippen LogP contribution in [0.15, 0.2) is 176 Å². The summed E-state index contributed by atoms with van der Waals surface area (Å²) < 4.78 is 0. The van der Waals surface area contributed by atoms with Gasteiger partial charge < -0.3 is 0 Å². The van der Waals surface area contributed by atoms with Gasteiger partial charge in [-0.25, -0.2) is 0 Å². The van der Waals surface area contributed by atoms with E-state index in [-0.39, 0.29) is 0 Å². The molecule has 0 amide bonds. The van der Waals surface area contributed by atoms with Crippen LogP contribution in [0.4, 0.5) is 0 Å². The molecule has 0 bridgehead atoms. The number of hydrogen-bond acceptors (Lipinski definition) is 0. The highest BCUT2D eigenvalue weighted by atomic mass is 31.1. The molecule has 0 aliphatic heterocycles. The maximum atomic E-state index is 2.47. The van der Waals surface area contributed by atoms with E-state index in [0.29, 0.717) is 0 Å². The summed E-state index contributed by atoms with van der Waals surface area (Å²) in [4.78, 5) is 0. The number of rotatable bonds is 9. The molecule has 2 heteroatoms. The number of hydrogen-bond donors (Lipinski definition) is 0. The van der Waals surface area contributed by atoms with E-state index in [0.717, 1.165) is 6.16 Å². The molecule has 0 saturated carbocycles. The zero-order valence-corrected chi connectivity index (χ0v) is 24.7. The van der Waals surface area contributed by atoms with Gasteiger partial charge in [0, 0.05) is 6.16 Å². The molecule has 0 heterocycles. The monoisotopic (exact) mass is 562 g/mol. The van der Waals surface area contributed by atoms with Gasteiger partial charge in [0.1, 0.15) is 0 Å². The van der Waals surface area contributed by atoms with Gasteiger partial charge in [0.25, 0.3) is 0 Å². The molecule has 0 fully saturated rings. The molecule has 0 unspecified atom stereocenters. The van der Waals surface area contributed by atoms with Crippen LogP contribution in [0.1, 0.15) is 11.1 Å². The molecule has 0 radical (unpaired) electrons. The summed E-state index contributed by atoms with van der Waals surface area (Å²) in [5, 5.41) is 6.93. The largest absolute Gasteiger partial charge is 0.0622 e. The van der Waals surface area contributed by atoms with E-state index < -0.39 is 15.8 Å². The fraction of sp³-hybridized carbons (Fsp3) is 0.0256. The highest BCUT2D eigenvalue weighted by Gasteiger charge is 2.21. The molecule has 0 aromatic heterocycles. The summed E-state index contributed by atoms with van der Waals surface area (Å²) in [6.45, 7) is 0. The van der Waals surface area contributed by atoms with E-state index >= 15 is 0 Å². The molecule has 6 rings (SSSR count). The summed E-state index contributed by atoms with van der Waals surface area (Å²) in [5.41, 5.74) is 3.94. The third kappa shape index (κ3) is 6.64. The van der Waals surface area contributed by atoms with Crippen LogP contribution in [0.2, 0.25) is 0 Å². The molecule has 0 aliphatic carbocycles. The van der Waals surface area contributed by atoms with Gasteiger partial charge in [-0.15, -0.1) is 0 Å². The van der Waals surface area contributed by atoms with Crippen molar-refractivity contribution in [2.75, 3.05) is 6.16 Å². The van der Waals surface area contributed by atoms with Crippen LogP contribution in [0, 0.1) is 0 Å². The van der Waals surface area contributed by atoms with Crippen molar-refractivity contribution in [1.82, 2.24) is 0 Å². The Morgan fingerprint density at radius 3 is 1.29 bits per heavy atom. The van der Waals surface area contributed by atoms with Gasteiger partial charge in [-0.2, -0.15) is 0 Å². The lowest BCUT2D eigenvalue weighted by atomic mass is 10.0. The minimum absolute atomic E-state index is 0.586. The van der Waals surface area contributed by atoms with Gasteiger partial charge >= 0.3 is 0 Å². The van der Waals surface area contributed by atoms with Crippen molar-refractivity contribution < 1.29 is 0 Å². The van der Waals surface area contributed by atoms with E-state index in [9.17, 15) is 0 Å². The molecule has 0 saturated heterocycles. The lowest BCUT2D eigenvalue weighted by Gasteiger charge is -2.23. The van der Waals surface area contributed by atoms with Crippen molar-refractivity contribution in [2.24, 2.45) is 0 Å². The molecule has 6 aromatic rings. The van der Waals surface area contributed by atoms with Gasteiger partial charge in [-0.05, 0) is 59.1 Å². The second-order valence-corrected chi connectivity index (χ2v) is 14.2. The third-order valence-corrected chi connectivity index (χ3v) is 12.2. The lowest BCUT2D eigenvalue weighted by Crippen LogP contribution is -2.22. The lowest BCUT2D eigenvalue weighted by molar-refractivity contribution is 1.58. The Labute approximate surface area is 246 Å². The zero-order chi connectivity index (χ0) is 27.7. The Kier molecular flexibility index (Phi) is 8.94. The Hall–Kier alpha value is -4.08. The fourth-order valence-electron chi connectivity index (χ4n) is 5.17. The summed E-state index contributed by atoms with van der Waals surface area (Å²) >= 11 is 0. The van der Waals surface area contributed by atoms with Gasteiger partial charge in [0.15, 0.2) is 0 Å². The molecule has 6 aromatic carbocycles. The van der Waals surface area contributed by atoms with Crippen LogP contribution in [-0.2, 0) is 0 Å². The van der Waals surface area contributed by atoms with Gasteiger partial charge in [-0.1, -0.05) is 182 Å². The van der Waals surface area contributed by atoms with Crippen molar-refractivity contribution >= 4 is 54.0 Å². The summed E-state index contributed by atoms with van der Waals surface area (Å²) in [6, 6.07) is 64.0. The van der Waals surface area contributed by atoms with Gasteiger partial charge in [0.2, 0.25) is 0 Å². The standard InChI is InChI=1S/C39H32P2/c1-6-18-32(19-7-1)34(31-40(35-21-8-2-9-22-35)36-23-10-3-11-24-36)30-33-20-16-17-29-39(33)41(37-25-12-4-13-26-37)38-27-14-5-15-28-38/h1-30H,31H2/b34-30+. The normalized spacial score (nSPS) is 11.6. The van der Waals surface area contributed by atoms with Crippen molar-refractivity contribution in [1.29, 1.82) is 0 Å². The van der Waals surface area contributed by atoms with Crippen LogP contribution in [-0.4, -0.2) is 6.16 Å². The molecule has 41 heavy (non-hydrogen) atoms. The fourth-order valence-corrected chi connectivity index (χ4v) is 9.94. The number of allylic oxidation sites excluding steroid dienone is 1. The average molecular weight is 563 g/mol. The summed E-state index contributed by atoms with van der Waals surface area (Å²) in [6.07, 6.45) is 3.43. The third-order valence-electron chi connectivity index (χ3n) is 7.14. The zero-order valence-electron chi connectivity index (χ0n) is 22.9. The molecule has 0 atom stereocenters. The van der Waals surface area contributed by atoms with Crippen molar-refractivity contribution in [3.8, 4) is 0 Å².